The third-order valence-corrected chi connectivity index (χ3v) is 4.33. The smallest absolute Gasteiger partial charge is 0.254 e. The van der Waals surface area contributed by atoms with Crippen LogP contribution in [0.15, 0.2) is 30.5 Å². The number of aromatic nitrogens is 1. The quantitative estimate of drug-likeness (QED) is 0.574. The minimum Gasteiger partial charge on any atom is -0.494 e. The first kappa shape index (κ1) is 19.2. The van der Waals surface area contributed by atoms with Gasteiger partial charge in [0.25, 0.3) is 11.8 Å². The van der Waals surface area contributed by atoms with Gasteiger partial charge in [0.2, 0.25) is 5.91 Å². The normalized spacial score (nSPS) is 12.8. The molecule has 146 valence electrons. The van der Waals surface area contributed by atoms with Crippen LogP contribution in [0.4, 0.5) is 17.2 Å². The highest BCUT2D eigenvalue weighted by Gasteiger charge is 2.30. The lowest BCUT2D eigenvalue weighted by molar-refractivity contribution is -0.117. The fourth-order valence-corrected chi connectivity index (χ4v) is 2.71. The number of hydrogen-bond acceptors (Lipinski definition) is 6. The standard InChI is InChI=1S/C19H21N5O4/c1-21-19(27)12-9-22-15(24-18(26)10-6-7-10)8-14(12)23-13-5-3-4-11(17(20)25)16(13)28-2/h3-5,8-10H,6-7H2,1-2H3,(H2,20,25)(H,21,27)(H2,22,23,24,26). The lowest BCUT2D eigenvalue weighted by Gasteiger charge is -2.16. The Hall–Kier alpha value is -3.62. The molecule has 0 unspecified atom stereocenters. The second-order valence-corrected chi connectivity index (χ2v) is 6.33. The molecule has 3 rings (SSSR count). The van der Waals surface area contributed by atoms with Crippen molar-refractivity contribution >= 4 is 34.9 Å². The molecule has 1 aliphatic carbocycles. The predicted octanol–water partition coefficient (Wildman–Crippen LogP) is 1.64. The first-order valence-corrected chi connectivity index (χ1v) is 8.71. The minimum atomic E-state index is -0.640. The Labute approximate surface area is 161 Å². The molecule has 0 radical (unpaired) electrons. The van der Waals surface area contributed by atoms with Crippen LogP contribution in [0, 0.1) is 5.92 Å². The molecule has 0 saturated heterocycles. The molecule has 0 atom stereocenters. The van der Waals surface area contributed by atoms with Gasteiger partial charge in [-0.2, -0.15) is 0 Å². The number of carbonyl (C=O) groups excluding carboxylic acids is 3. The third-order valence-electron chi connectivity index (χ3n) is 4.33. The van der Waals surface area contributed by atoms with E-state index in [4.69, 9.17) is 10.5 Å². The van der Waals surface area contributed by atoms with E-state index in [0.717, 1.165) is 12.8 Å². The molecule has 1 aromatic heterocycles. The molecule has 9 nitrogen and oxygen atoms in total. The maximum Gasteiger partial charge on any atom is 0.254 e. The van der Waals surface area contributed by atoms with E-state index in [2.05, 4.69) is 20.9 Å². The number of anilines is 3. The zero-order valence-corrected chi connectivity index (χ0v) is 15.5. The summed E-state index contributed by atoms with van der Waals surface area (Å²) in [4.78, 5) is 40.0. The number of ether oxygens (including phenoxy) is 1. The van der Waals surface area contributed by atoms with Gasteiger partial charge >= 0.3 is 0 Å². The molecule has 1 aromatic carbocycles. The molecule has 0 spiro atoms. The van der Waals surface area contributed by atoms with Crippen LogP contribution >= 0.6 is 0 Å². The van der Waals surface area contributed by atoms with E-state index in [-0.39, 0.29) is 34.6 Å². The number of hydrogen-bond donors (Lipinski definition) is 4. The first-order valence-electron chi connectivity index (χ1n) is 8.71. The third kappa shape index (κ3) is 4.03. The Morgan fingerprint density at radius 2 is 1.93 bits per heavy atom. The number of nitrogens with one attached hydrogen (secondary N) is 3. The largest absolute Gasteiger partial charge is 0.494 e. The molecule has 1 fully saturated rings. The van der Waals surface area contributed by atoms with Crippen molar-refractivity contribution in [1.82, 2.24) is 10.3 Å². The molecule has 0 bridgehead atoms. The van der Waals surface area contributed by atoms with E-state index in [0.29, 0.717) is 17.2 Å². The number of primary amides is 1. The van der Waals surface area contributed by atoms with E-state index in [1.165, 1.54) is 20.4 Å². The van der Waals surface area contributed by atoms with Crippen molar-refractivity contribution in [2.45, 2.75) is 12.8 Å². The number of benzene rings is 1. The second-order valence-electron chi connectivity index (χ2n) is 6.33. The Kier molecular flexibility index (Phi) is 5.44. The van der Waals surface area contributed by atoms with E-state index in [1.54, 1.807) is 24.3 Å². The molecular formula is C19H21N5O4. The fraction of sp³-hybridized carbons (Fsp3) is 0.263. The van der Waals surface area contributed by atoms with Crippen LogP contribution in [0.1, 0.15) is 33.6 Å². The summed E-state index contributed by atoms with van der Waals surface area (Å²) in [7, 11) is 2.92. The number of rotatable bonds is 7. The Morgan fingerprint density at radius 3 is 2.54 bits per heavy atom. The van der Waals surface area contributed by atoms with Crippen molar-refractivity contribution in [1.29, 1.82) is 0 Å². The zero-order valence-electron chi connectivity index (χ0n) is 15.5. The summed E-state index contributed by atoms with van der Waals surface area (Å²) in [6.45, 7) is 0. The maximum absolute atomic E-state index is 12.2. The highest BCUT2D eigenvalue weighted by molar-refractivity contribution is 6.02. The highest BCUT2D eigenvalue weighted by atomic mass is 16.5. The van der Waals surface area contributed by atoms with Gasteiger partial charge in [-0.3, -0.25) is 14.4 Å². The van der Waals surface area contributed by atoms with Crippen LogP contribution in [0.2, 0.25) is 0 Å². The van der Waals surface area contributed by atoms with E-state index in [1.807, 2.05) is 0 Å². The van der Waals surface area contributed by atoms with Crippen molar-refractivity contribution in [3.8, 4) is 5.75 Å². The Morgan fingerprint density at radius 1 is 1.18 bits per heavy atom. The number of nitrogens with two attached hydrogens (primary N) is 1. The molecule has 0 aliphatic heterocycles. The molecule has 1 heterocycles. The van der Waals surface area contributed by atoms with Gasteiger partial charge in [-0.05, 0) is 25.0 Å². The van der Waals surface area contributed by atoms with Crippen LogP contribution in [-0.2, 0) is 4.79 Å². The zero-order chi connectivity index (χ0) is 20.3. The number of para-hydroxylation sites is 1. The van der Waals surface area contributed by atoms with E-state index >= 15 is 0 Å². The van der Waals surface area contributed by atoms with Gasteiger partial charge in [-0.15, -0.1) is 0 Å². The van der Waals surface area contributed by atoms with Gasteiger partial charge in [0, 0.05) is 25.2 Å². The molecule has 9 heteroatoms. The van der Waals surface area contributed by atoms with Crippen molar-refractivity contribution in [2.24, 2.45) is 11.7 Å². The summed E-state index contributed by atoms with van der Waals surface area (Å²) in [5.41, 5.74) is 6.69. The van der Waals surface area contributed by atoms with E-state index < -0.39 is 5.91 Å². The van der Waals surface area contributed by atoms with Gasteiger partial charge in [0.15, 0.2) is 5.75 Å². The lowest BCUT2D eigenvalue weighted by Crippen LogP contribution is -2.21. The summed E-state index contributed by atoms with van der Waals surface area (Å²) >= 11 is 0. The number of methoxy groups -OCH3 is 1. The predicted molar refractivity (Wildman–Crippen MR) is 104 cm³/mol. The lowest BCUT2D eigenvalue weighted by atomic mass is 10.1. The van der Waals surface area contributed by atoms with Gasteiger partial charge < -0.3 is 26.4 Å². The van der Waals surface area contributed by atoms with Crippen molar-refractivity contribution in [2.75, 3.05) is 24.8 Å². The van der Waals surface area contributed by atoms with Crippen LogP contribution in [0.25, 0.3) is 0 Å². The molecule has 2 aromatic rings. The average molecular weight is 383 g/mol. The number of carbonyl (C=O) groups is 3. The van der Waals surface area contributed by atoms with Gasteiger partial charge in [-0.25, -0.2) is 4.98 Å². The van der Waals surface area contributed by atoms with Crippen LogP contribution in [0.5, 0.6) is 5.75 Å². The van der Waals surface area contributed by atoms with E-state index in [9.17, 15) is 14.4 Å². The molecular weight excluding hydrogens is 362 g/mol. The Balaban J connectivity index is 1.99. The number of nitrogens with zero attached hydrogens (tertiary/aromatic N) is 1. The second kappa shape index (κ2) is 7.95. The molecule has 3 amide bonds. The van der Waals surface area contributed by atoms with Crippen molar-refractivity contribution in [3.63, 3.8) is 0 Å². The van der Waals surface area contributed by atoms with Gasteiger partial charge in [0.05, 0.1) is 29.6 Å². The summed E-state index contributed by atoms with van der Waals surface area (Å²) in [6.07, 6.45) is 3.10. The summed E-state index contributed by atoms with van der Waals surface area (Å²) in [5, 5.41) is 8.36. The average Bonchev–Trinajstić information content (AvgIpc) is 3.52. The fourth-order valence-electron chi connectivity index (χ4n) is 2.71. The van der Waals surface area contributed by atoms with Crippen molar-refractivity contribution < 1.29 is 19.1 Å². The Bertz CT molecular complexity index is 940. The van der Waals surface area contributed by atoms with Gasteiger partial charge in [-0.1, -0.05) is 6.07 Å². The van der Waals surface area contributed by atoms with Crippen LogP contribution in [-0.4, -0.2) is 36.9 Å². The van der Waals surface area contributed by atoms with Gasteiger partial charge in [0.1, 0.15) is 5.82 Å². The number of amides is 3. The summed E-state index contributed by atoms with van der Waals surface area (Å²) in [5.74, 6) is -0.516. The monoisotopic (exact) mass is 383 g/mol. The summed E-state index contributed by atoms with van der Waals surface area (Å²) in [6, 6.07) is 6.42. The molecule has 5 N–H and O–H groups in total. The SMILES string of the molecule is CNC(=O)c1cnc(NC(=O)C2CC2)cc1Nc1cccc(C(N)=O)c1OC. The van der Waals surface area contributed by atoms with Crippen LogP contribution in [0.3, 0.4) is 0 Å². The van der Waals surface area contributed by atoms with Crippen LogP contribution < -0.4 is 26.4 Å². The summed E-state index contributed by atoms with van der Waals surface area (Å²) < 4.78 is 5.32. The van der Waals surface area contributed by atoms with Crippen molar-refractivity contribution in [3.05, 3.63) is 41.6 Å². The molecule has 28 heavy (non-hydrogen) atoms. The number of pyridine rings is 1. The highest BCUT2D eigenvalue weighted by Crippen LogP contribution is 2.34. The topological polar surface area (TPSA) is 135 Å². The molecule has 1 aliphatic rings. The molecule has 1 saturated carbocycles. The minimum absolute atomic E-state index is 0.0177. The maximum atomic E-state index is 12.2. The first-order chi connectivity index (χ1) is 13.4.